The first-order valence-electron chi connectivity index (χ1n) is 42.1. The number of halogens is 11. The molecular formula is C91H104F11N19O7. The Bertz CT molecular complexity index is 5460. The number of nitrogens with one attached hydrogen (secondary N) is 5. The van der Waals surface area contributed by atoms with Crippen LogP contribution in [0.5, 0.6) is 5.88 Å². The van der Waals surface area contributed by atoms with Gasteiger partial charge in [0, 0.05) is 229 Å². The number of H-pyrrole nitrogens is 1. The third kappa shape index (κ3) is 22.0. The van der Waals surface area contributed by atoms with Crippen LogP contribution in [-0.4, -0.2) is 242 Å². The molecule has 15 rings (SSSR count). The van der Waals surface area contributed by atoms with Crippen LogP contribution in [0.25, 0.3) is 27.8 Å². The maximum Gasteiger partial charge on any atom is 0.417 e. The molecule has 7 aromatic rings. The van der Waals surface area contributed by atoms with E-state index in [9.17, 15) is 54.3 Å². The minimum atomic E-state index is -4.93. The molecule has 12 heterocycles. The van der Waals surface area contributed by atoms with Crippen molar-refractivity contribution in [1.29, 1.82) is 0 Å². The molecule has 8 aliphatic rings. The number of aromatic amines is 1. The van der Waals surface area contributed by atoms with Crippen molar-refractivity contribution in [1.82, 2.24) is 54.8 Å². The largest absolute Gasteiger partial charge is 0.474 e. The number of piperazine rings is 3. The lowest BCUT2D eigenvalue weighted by Gasteiger charge is -2.44. The summed E-state index contributed by atoms with van der Waals surface area (Å²) in [5.41, 5.74) is -1.22. The molecule has 5 saturated heterocycles. The van der Waals surface area contributed by atoms with Crippen molar-refractivity contribution < 1.29 is 76.9 Å². The van der Waals surface area contributed by atoms with Crippen LogP contribution in [0.2, 0.25) is 0 Å². The second kappa shape index (κ2) is 39.7. The van der Waals surface area contributed by atoms with E-state index in [1.807, 2.05) is 93.3 Å². The monoisotopic (exact) mass is 1780 g/mol. The minimum Gasteiger partial charge on any atom is -0.474 e. The van der Waals surface area contributed by atoms with Crippen molar-refractivity contribution in [2.45, 2.75) is 135 Å². The molecule has 128 heavy (non-hydrogen) atoms. The fraction of sp³-hybridized carbons (Fsp3) is 0.418. The molecule has 5 fully saturated rings. The molecule has 26 nitrogen and oxygen atoms in total. The molecule has 5 N–H and O–H groups in total. The number of benzene rings is 3. The van der Waals surface area contributed by atoms with Gasteiger partial charge in [-0.1, -0.05) is 19.2 Å². The Kier molecular flexibility index (Phi) is 29.0. The number of carbonyl (C=O) groups is 3. The first kappa shape index (κ1) is 93.6. The Hall–Kier alpha value is -12.1. The number of nitrogens with zero attached hydrogens (tertiary/aromatic N) is 14. The van der Waals surface area contributed by atoms with Crippen molar-refractivity contribution in [2.24, 2.45) is 0 Å². The van der Waals surface area contributed by atoms with Gasteiger partial charge in [-0.25, -0.2) is 46.9 Å². The van der Waals surface area contributed by atoms with Gasteiger partial charge in [-0.2, -0.15) is 26.3 Å². The number of hydrogen-bond donors (Lipinski definition) is 5. The van der Waals surface area contributed by atoms with Crippen LogP contribution >= 0.6 is 0 Å². The number of rotatable bonds is 17. The molecule has 4 aromatic heterocycles. The van der Waals surface area contributed by atoms with E-state index in [2.05, 4.69) is 86.0 Å². The highest BCUT2D eigenvalue weighted by Crippen LogP contribution is 2.43. The molecule has 7 atom stereocenters. The number of aromatic nitrogens is 6. The lowest BCUT2D eigenvalue weighted by molar-refractivity contribution is -0.138. The van der Waals surface area contributed by atoms with Gasteiger partial charge in [-0.3, -0.25) is 29.0 Å². The van der Waals surface area contributed by atoms with Gasteiger partial charge in [0.2, 0.25) is 23.3 Å². The van der Waals surface area contributed by atoms with Gasteiger partial charge in [0.1, 0.15) is 23.6 Å². The number of morpholine rings is 1. The summed E-state index contributed by atoms with van der Waals surface area (Å²) in [4.78, 5) is 93.8. The van der Waals surface area contributed by atoms with E-state index in [4.69, 9.17) is 14.2 Å². The molecule has 0 saturated carbocycles. The number of allylic oxidation sites excluding steroid dienone is 2. The summed E-state index contributed by atoms with van der Waals surface area (Å²) < 4.78 is 175. The number of amides is 3. The summed E-state index contributed by atoms with van der Waals surface area (Å²) in [6.07, 6.45) is 4.28. The fourth-order valence-corrected chi connectivity index (χ4v) is 16.5. The first-order chi connectivity index (χ1) is 60.7. The van der Waals surface area contributed by atoms with Crippen LogP contribution in [-0.2, 0) is 25.2 Å². The van der Waals surface area contributed by atoms with Gasteiger partial charge in [0.25, 0.3) is 24.1 Å². The highest BCUT2D eigenvalue weighted by Gasteiger charge is 2.42. The Morgan fingerprint density at radius 1 is 0.578 bits per heavy atom. The van der Waals surface area contributed by atoms with E-state index in [1.54, 1.807) is 50.0 Å². The average Bonchev–Trinajstić information content (AvgIpc) is 0.720. The van der Waals surface area contributed by atoms with Crippen LogP contribution in [0.1, 0.15) is 89.2 Å². The SMILES string of the molecule is C=C1C=C(C(F)(F)F)C(C(=O)Nc2cc(-c3ccc(OC4CCOCC4)nc3)c(F)cc2N2C[C@@H](C)N(C)[C@@H](C)C2)=CN1.C=C1C=C(C(F)F)C(C(=O)Nc2cc(-c3cnc(N4C[C@@H](C)O[C@@H](C)C4)nc3)c(F)cc2N2CCN(C)[C@@H](C)C2)=CN1C.C[C@@H]1CN(c2cc(F)c(C3=CCCN(c4ncccn4)C3)cc2NC(=O)c2c[nH]c(=O)cc2C(F)(F)F)C[C@H](C)N1C. The predicted octanol–water partition coefficient (Wildman–Crippen LogP) is 14.3. The summed E-state index contributed by atoms with van der Waals surface area (Å²) in [6.45, 7) is 28.9. The Morgan fingerprint density at radius 3 is 1.65 bits per heavy atom. The Morgan fingerprint density at radius 2 is 1.10 bits per heavy atom. The molecular weight excluding hydrogens is 1680 g/mol. The molecule has 3 amide bonds. The highest BCUT2D eigenvalue weighted by molar-refractivity contribution is 6.11. The topological polar surface area (TPSA) is 253 Å². The number of ether oxygens (including phenoxy) is 3. The zero-order valence-corrected chi connectivity index (χ0v) is 72.8. The molecule has 8 aliphatic heterocycles. The third-order valence-electron chi connectivity index (χ3n) is 24.1. The molecule has 0 aliphatic carbocycles. The summed E-state index contributed by atoms with van der Waals surface area (Å²) in [5.74, 6) is -2.98. The molecule has 0 bridgehead atoms. The van der Waals surface area contributed by atoms with Crippen molar-refractivity contribution in [2.75, 3.05) is 154 Å². The number of alkyl halides is 8. The number of hydrogen-bond acceptors (Lipinski definition) is 22. The van der Waals surface area contributed by atoms with Crippen molar-refractivity contribution in [3.8, 4) is 28.1 Å². The van der Waals surface area contributed by atoms with Crippen LogP contribution in [0.4, 0.5) is 94.3 Å². The normalized spacial score (nSPS) is 21.8. The number of likely N-dealkylation sites (N-methyl/N-ethyl adjacent to an activating group) is 4. The molecule has 37 heteroatoms. The highest BCUT2D eigenvalue weighted by atomic mass is 19.4. The van der Waals surface area contributed by atoms with Crippen molar-refractivity contribution in [3.05, 3.63) is 220 Å². The van der Waals surface area contributed by atoms with Gasteiger partial charge in [0.05, 0.1) is 87.4 Å². The van der Waals surface area contributed by atoms with Crippen molar-refractivity contribution in [3.63, 3.8) is 0 Å². The second-order valence-electron chi connectivity index (χ2n) is 33.4. The van der Waals surface area contributed by atoms with E-state index in [-0.39, 0.29) is 87.9 Å². The lowest BCUT2D eigenvalue weighted by atomic mass is 9.98. The zero-order chi connectivity index (χ0) is 92.1. The zero-order valence-electron chi connectivity index (χ0n) is 72.8. The number of dihydropyridines is 1. The fourth-order valence-electron chi connectivity index (χ4n) is 16.5. The smallest absolute Gasteiger partial charge is 0.417 e. The molecule has 3 aromatic carbocycles. The van der Waals surface area contributed by atoms with Gasteiger partial charge in [-0.15, -0.1) is 0 Å². The van der Waals surface area contributed by atoms with E-state index >= 15 is 13.2 Å². The maximum atomic E-state index is 15.9. The van der Waals surface area contributed by atoms with E-state index < -0.39 is 87.4 Å². The molecule has 0 radical (unpaired) electrons. The number of carbonyl (C=O) groups excluding carboxylic acids is 3. The first-order valence-corrected chi connectivity index (χ1v) is 42.1. The van der Waals surface area contributed by atoms with Crippen LogP contribution in [0, 0.1) is 17.5 Å². The summed E-state index contributed by atoms with van der Waals surface area (Å²) in [5, 5.41) is 10.6. The number of pyridine rings is 2. The molecule has 682 valence electrons. The van der Waals surface area contributed by atoms with Gasteiger partial charge in [-0.05, 0) is 142 Å². The quantitative estimate of drug-likeness (QED) is 0.0531. The second-order valence-corrected chi connectivity index (χ2v) is 33.4. The maximum absolute atomic E-state index is 15.9. The summed E-state index contributed by atoms with van der Waals surface area (Å²) in [7, 11) is 7.65. The van der Waals surface area contributed by atoms with Crippen LogP contribution in [0.15, 0.2) is 180 Å². The average molecular weight is 1780 g/mol. The Labute approximate surface area is 734 Å². The summed E-state index contributed by atoms with van der Waals surface area (Å²) in [6, 6.07) is 14.4. The van der Waals surface area contributed by atoms with Crippen molar-refractivity contribution >= 4 is 69.3 Å². The van der Waals surface area contributed by atoms with E-state index in [0.717, 1.165) is 37.9 Å². The van der Waals surface area contributed by atoms with E-state index in [0.29, 0.717) is 154 Å². The predicted molar refractivity (Wildman–Crippen MR) is 470 cm³/mol. The van der Waals surface area contributed by atoms with Gasteiger partial charge >= 0.3 is 12.4 Å². The van der Waals surface area contributed by atoms with Crippen LogP contribution < -0.4 is 56.1 Å². The Balaban J connectivity index is 0.000000164. The molecule has 0 spiro atoms. The van der Waals surface area contributed by atoms with E-state index in [1.165, 1.54) is 59.8 Å². The lowest BCUT2D eigenvalue weighted by Crippen LogP contribution is -2.55. The number of anilines is 8. The summed E-state index contributed by atoms with van der Waals surface area (Å²) >= 11 is 0. The van der Waals surface area contributed by atoms with Gasteiger partial charge in [0.15, 0.2) is 0 Å². The van der Waals surface area contributed by atoms with Crippen LogP contribution in [0.3, 0.4) is 0 Å². The third-order valence-corrected chi connectivity index (χ3v) is 24.1. The minimum absolute atomic E-state index is 0.00536. The molecule has 0 unspecified atom stereocenters. The standard InChI is InChI=1S/C31H35F4N5O3.C31H38F3N7O2.C29H31F4N7O2/c1-18-11-25(31(33,34)35)24(15-36-18)30(41)38-27-12-23(21-5-6-29(37-14-21)43-22-7-9-42-10-8-22)26(32)13-28(27)40-16-19(2)39(4)20(3)17-40;1-18-9-24(29(33)34)25(17-39(18)6)30(42)37-27-10-23(26(32)11-28(27)40-8-7-38(5)19(2)14-40)22-12-35-31(36-13-22)41-15-20(3)43-21(4)16-41;1-17-14-40(15-18(2)38(17)3)25-12-23(30)20(19-6-4-9-39(16-19)28-34-7-5-8-35-28)10-24(25)37-27(42)21-13-36-26(41)11-22(21)29(31,32)33/h5-6,11-15,19-20,22,36H,1,7-10,16-17H2,2-4H3,(H,38,41);9-13,17,19-21,29H,1,7-8,14-16H2,2-6H3,(H,37,42);5-8,10-13,17-18H,4,9,14-16H2,1-3H3,(H,36,41)(H,37,42)/t19-,20+;19-,20-,21+;17-,18+/m.0./s1. The van der Waals surface area contributed by atoms with Gasteiger partial charge < -0.3 is 74.8 Å².